The average molecular weight is 107 g/mol. The van der Waals surface area contributed by atoms with Crippen molar-refractivity contribution in [2.24, 2.45) is 0 Å². The Labute approximate surface area is 40.9 Å². The summed E-state index contributed by atoms with van der Waals surface area (Å²) >= 11 is 0. The second-order valence-corrected chi connectivity index (χ2v) is 1.54. The van der Waals surface area contributed by atoms with E-state index in [0.29, 0.717) is 0 Å². The molecule has 0 bridgehead atoms. The lowest BCUT2D eigenvalue weighted by atomic mass is 10.7. The maximum Gasteiger partial charge on any atom is 0.161 e. The van der Waals surface area contributed by atoms with Crippen LogP contribution >= 0.6 is 9.24 Å². The summed E-state index contributed by atoms with van der Waals surface area (Å²) in [7, 11) is 2.13. The van der Waals surface area contributed by atoms with Crippen molar-refractivity contribution in [3.05, 3.63) is 0 Å². The minimum atomic E-state index is -0.00718. The predicted molar refractivity (Wildman–Crippen MR) is 28.6 cm³/mol. The topological polar surface area (TPSA) is 29.1 Å². The standard InChI is InChI=1S/C3H8NOP/c1-4-2-3(5)6/h4H,2,6H2,1H3/i1T. The molecule has 3 heteroatoms. The quantitative estimate of drug-likeness (QED) is 0.487. The third kappa shape index (κ3) is 4.06. The van der Waals surface area contributed by atoms with Crippen molar-refractivity contribution >= 4 is 14.8 Å². The van der Waals surface area contributed by atoms with Crippen LogP contribution in [0.25, 0.3) is 0 Å². The molecule has 1 N–H and O–H groups in total. The van der Waals surface area contributed by atoms with Crippen molar-refractivity contribution in [2.45, 2.75) is 0 Å². The van der Waals surface area contributed by atoms with E-state index in [1.165, 1.54) is 0 Å². The zero-order chi connectivity index (χ0) is 5.70. The van der Waals surface area contributed by atoms with Crippen LogP contribution < -0.4 is 5.32 Å². The molecule has 0 aliphatic carbocycles. The summed E-state index contributed by atoms with van der Waals surface area (Å²) in [6, 6.07) is 0. The van der Waals surface area contributed by atoms with Crippen molar-refractivity contribution < 1.29 is 6.17 Å². The average Bonchev–Trinajstić information content (AvgIpc) is 1.61. The molecule has 0 amide bonds. The highest BCUT2D eigenvalue weighted by Crippen LogP contribution is 1.77. The Hall–Kier alpha value is 0.0600. The minimum absolute atomic E-state index is 0.00718. The summed E-state index contributed by atoms with van der Waals surface area (Å²) in [6.07, 6.45) is 0. The van der Waals surface area contributed by atoms with Crippen LogP contribution in [0.15, 0.2) is 0 Å². The lowest BCUT2D eigenvalue weighted by Gasteiger charge is -1.84. The number of carbonyl (C=O) groups is 1. The summed E-state index contributed by atoms with van der Waals surface area (Å²) in [5, 5.41) is 2.54. The highest BCUT2D eigenvalue weighted by molar-refractivity contribution is 7.40. The molecule has 1 atom stereocenters. The van der Waals surface area contributed by atoms with E-state index >= 15 is 0 Å². The van der Waals surface area contributed by atoms with Gasteiger partial charge in [0.05, 0.1) is 6.54 Å². The molecule has 0 radical (unpaired) electrons. The Morgan fingerprint density at radius 3 is 3.17 bits per heavy atom. The van der Waals surface area contributed by atoms with Gasteiger partial charge < -0.3 is 5.32 Å². The SMILES string of the molecule is [3H]CNCC(=O)P. The Morgan fingerprint density at radius 2 is 3.00 bits per heavy atom. The molecule has 0 saturated heterocycles. The van der Waals surface area contributed by atoms with E-state index in [9.17, 15) is 4.79 Å². The zero-order valence-electron chi connectivity index (χ0n) is 4.40. The van der Waals surface area contributed by atoms with Gasteiger partial charge in [0, 0.05) is 1.37 Å². The highest BCUT2D eigenvalue weighted by Gasteiger charge is 1.82. The van der Waals surface area contributed by atoms with Gasteiger partial charge in [-0.2, -0.15) is 0 Å². The van der Waals surface area contributed by atoms with E-state index in [-0.39, 0.29) is 19.1 Å². The number of nitrogens with one attached hydrogen (secondary N) is 1. The van der Waals surface area contributed by atoms with Gasteiger partial charge in [-0.05, 0) is 7.02 Å². The molecule has 6 heavy (non-hydrogen) atoms. The summed E-state index contributed by atoms with van der Waals surface area (Å²) in [5.74, 6) is 0. The Kier molecular flexibility index (Phi) is 2.29. The fraction of sp³-hybridized carbons (Fsp3) is 0.667. The van der Waals surface area contributed by atoms with E-state index in [4.69, 9.17) is 1.37 Å². The van der Waals surface area contributed by atoms with Crippen LogP contribution in [0.1, 0.15) is 1.37 Å². The molecule has 0 saturated carbocycles. The number of rotatable bonds is 2. The van der Waals surface area contributed by atoms with Crippen LogP contribution in [0, 0.1) is 0 Å². The molecular weight excluding hydrogens is 97.0 g/mol. The van der Waals surface area contributed by atoms with E-state index in [0.717, 1.165) is 0 Å². The fourth-order valence-electron chi connectivity index (χ4n) is 0.123. The molecule has 0 aromatic heterocycles. The molecule has 0 aliphatic heterocycles. The Morgan fingerprint density at radius 1 is 2.33 bits per heavy atom. The van der Waals surface area contributed by atoms with Gasteiger partial charge in [0.15, 0.2) is 5.52 Å². The molecule has 2 nitrogen and oxygen atoms in total. The molecule has 0 fully saturated rings. The first-order valence-corrected chi connectivity index (χ1v) is 2.13. The largest absolute Gasteiger partial charge is 0.313 e. The number of carbonyl (C=O) groups excluding carboxylic acids is 1. The van der Waals surface area contributed by atoms with Crippen LogP contribution in [0.5, 0.6) is 0 Å². The summed E-state index contributed by atoms with van der Waals surface area (Å²) < 4.78 is 6.52. The van der Waals surface area contributed by atoms with Gasteiger partial charge in [0.25, 0.3) is 0 Å². The second-order valence-electron chi connectivity index (χ2n) is 0.893. The molecule has 0 rings (SSSR count). The van der Waals surface area contributed by atoms with Gasteiger partial charge in [0.2, 0.25) is 0 Å². The second kappa shape index (κ2) is 3.26. The lowest BCUT2D eigenvalue weighted by molar-refractivity contribution is -0.110. The minimum Gasteiger partial charge on any atom is -0.313 e. The molecule has 0 aromatic rings. The maximum absolute atomic E-state index is 10.0. The van der Waals surface area contributed by atoms with Crippen molar-refractivity contribution in [3.8, 4) is 0 Å². The Bertz CT molecular complexity index is 68.0. The third-order valence-corrected chi connectivity index (χ3v) is 0.503. The normalized spacial score (nSPS) is 10.5. The van der Waals surface area contributed by atoms with Crippen LogP contribution in [0.3, 0.4) is 0 Å². The molecule has 1 unspecified atom stereocenters. The monoisotopic (exact) mass is 107 g/mol. The van der Waals surface area contributed by atoms with Crippen molar-refractivity contribution in [1.29, 1.82) is 0 Å². The first-order valence-electron chi connectivity index (χ1n) is 2.26. The smallest absolute Gasteiger partial charge is 0.161 e. The molecule has 0 heterocycles. The molecular formula is C3H8NOP. The van der Waals surface area contributed by atoms with E-state index in [2.05, 4.69) is 5.32 Å². The zero-order valence-corrected chi connectivity index (χ0v) is 4.55. The highest BCUT2D eigenvalue weighted by atomic mass is 31.0. The first-order chi connectivity index (χ1) is 3.27. The number of hydrogen-bond acceptors (Lipinski definition) is 2. The van der Waals surface area contributed by atoms with Crippen LogP contribution in [-0.4, -0.2) is 19.1 Å². The summed E-state index contributed by atoms with van der Waals surface area (Å²) in [4.78, 5) is 10.0. The van der Waals surface area contributed by atoms with Gasteiger partial charge in [-0.1, -0.05) is 9.24 Å². The number of hydrogen-bond donors (Lipinski definition) is 1. The van der Waals surface area contributed by atoms with Crippen LogP contribution in [0.2, 0.25) is 0 Å². The van der Waals surface area contributed by atoms with Crippen molar-refractivity contribution in [2.75, 3.05) is 13.6 Å². The number of likely N-dealkylation sites (N-methyl/N-ethyl adjacent to an activating group) is 1. The molecule has 0 spiro atoms. The van der Waals surface area contributed by atoms with Crippen LogP contribution in [0.4, 0.5) is 0 Å². The molecule has 0 aromatic carbocycles. The van der Waals surface area contributed by atoms with Gasteiger partial charge in [-0.3, -0.25) is 4.79 Å². The predicted octanol–water partition coefficient (Wildman–Crippen LogP) is -0.393. The fourth-order valence-corrected chi connectivity index (χ4v) is 0.268. The lowest BCUT2D eigenvalue weighted by Crippen LogP contribution is -2.12. The van der Waals surface area contributed by atoms with Crippen molar-refractivity contribution in [1.82, 2.24) is 5.32 Å². The van der Waals surface area contributed by atoms with E-state index in [1.54, 1.807) is 0 Å². The maximum atomic E-state index is 10.0. The molecule has 0 aliphatic rings. The molecule has 36 valence electrons. The van der Waals surface area contributed by atoms with E-state index < -0.39 is 0 Å². The van der Waals surface area contributed by atoms with Gasteiger partial charge in [-0.15, -0.1) is 0 Å². The van der Waals surface area contributed by atoms with Gasteiger partial charge in [-0.25, -0.2) is 0 Å². The van der Waals surface area contributed by atoms with Crippen LogP contribution in [-0.2, 0) is 4.79 Å². The van der Waals surface area contributed by atoms with E-state index in [1.807, 2.05) is 9.24 Å². The van der Waals surface area contributed by atoms with Gasteiger partial charge >= 0.3 is 0 Å². The Balaban J connectivity index is 2.82. The summed E-state index contributed by atoms with van der Waals surface area (Å²) in [6.45, 7) is 0.286. The third-order valence-electron chi connectivity index (χ3n) is 0.299. The summed E-state index contributed by atoms with van der Waals surface area (Å²) in [5.41, 5.74) is -0.00718. The first kappa shape index (κ1) is 4.23. The van der Waals surface area contributed by atoms with Gasteiger partial charge in [0.1, 0.15) is 0 Å². The van der Waals surface area contributed by atoms with Crippen molar-refractivity contribution in [3.63, 3.8) is 0 Å².